The summed E-state index contributed by atoms with van der Waals surface area (Å²) in [6.45, 7) is 0. The predicted molar refractivity (Wildman–Crippen MR) is 111 cm³/mol. The van der Waals surface area contributed by atoms with Gasteiger partial charge < -0.3 is 13.9 Å². The molecule has 2 heterocycles. The molecule has 0 amide bonds. The third-order valence-corrected chi connectivity index (χ3v) is 5.56. The van der Waals surface area contributed by atoms with E-state index in [0.29, 0.717) is 31.6 Å². The maximum Gasteiger partial charge on any atom is 0.353 e. The van der Waals surface area contributed by atoms with Crippen LogP contribution in [0, 0.1) is 0 Å². The van der Waals surface area contributed by atoms with Crippen molar-refractivity contribution in [2.24, 2.45) is 0 Å². The molecule has 2 aromatic heterocycles. The number of methoxy groups -OCH3 is 1. The molecule has 4 rings (SSSR count). The fourth-order valence-electron chi connectivity index (χ4n) is 2.75. The summed E-state index contributed by atoms with van der Waals surface area (Å²) < 4.78 is 17.4. The Bertz CT molecular complexity index is 1230. The van der Waals surface area contributed by atoms with Crippen molar-refractivity contribution in [2.45, 2.75) is 0 Å². The van der Waals surface area contributed by atoms with Crippen LogP contribution in [0.1, 0.15) is 9.67 Å². The second-order valence-electron chi connectivity index (χ2n) is 5.80. The van der Waals surface area contributed by atoms with Crippen LogP contribution in [-0.2, 0) is 0 Å². The first kappa shape index (κ1) is 18.5. The Kier molecular flexibility index (Phi) is 5.02. The molecule has 0 aliphatic rings. The molecule has 0 saturated carbocycles. The minimum atomic E-state index is -0.605. The van der Waals surface area contributed by atoms with E-state index in [9.17, 15) is 9.59 Å². The summed E-state index contributed by atoms with van der Waals surface area (Å²) in [5, 5.41) is 2.11. The van der Waals surface area contributed by atoms with Gasteiger partial charge in [-0.3, -0.25) is 4.79 Å². The number of carbonyl (C=O) groups is 1. The molecule has 0 aliphatic heterocycles. The minimum Gasteiger partial charge on any atom is -0.496 e. The average molecular weight is 457 g/mol. The van der Waals surface area contributed by atoms with E-state index >= 15 is 0 Å². The quantitative estimate of drug-likeness (QED) is 0.378. The van der Waals surface area contributed by atoms with Crippen molar-refractivity contribution in [3.8, 4) is 22.8 Å². The second kappa shape index (κ2) is 7.61. The molecular weight excluding hydrogens is 444 g/mol. The molecule has 0 atom stereocenters. The van der Waals surface area contributed by atoms with Gasteiger partial charge in [0.1, 0.15) is 16.2 Å². The van der Waals surface area contributed by atoms with Crippen LogP contribution >= 0.6 is 27.3 Å². The Hall–Kier alpha value is -2.90. The molecule has 140 valence electrons. The Morgan fingerprint density at radius 2 is 1.93 bits per heavy atom. The van der Waals surface area contributed by atoms with Gasteiger partial charge in [0.05, 0.1) is 17.0 Å². The van der Waals surface area contributed by atoms with Crippen LogP contribution in [0.5, 0.6) is 11.5 Å². The van der Waals surface area contributed by atoms with E-state index in [-0.39, 0.29) is 11.5 Å². The summed E-state index contributed by atoms with van der Waals surface area (Å²) in [7, 11) is 1.56. The van der Waals surface area contributed by atoms with Crippen molar-refractivity contribution in [1.29, 1.82) is 0 Å². The summed E-state index contributed by atoms with van der Waals surface area (Å²) in [6, 6.07) is 15.4. The summed E-state index contributed by atoms with van der Waals surface area (Å²) >= 11 is 4.67. The van der Waals surface area contributed by atoms with Crippen molar-refractivity contribution in [1.82, 2.24) is 0 Å². The van der Waals surface area contributed by atoms with Crippen LogP contribution in [0.3, 0.4) is 0 Å². The number of fused-ring (bicyclic) bond motifs is 1. The average Bonchev–Trinajstić information content (AvgIpc) is 3.25. The number of benzene rings is 2. The van der Waals surface area contributed by atoms with E-state index in [4.69, 9.17) is 13.9 Å². The van der Waals surface area contributed by atoms with Crippen LogP contribution in [0.2, 0.25) is 0 Å². The lowest BCUT2D eigenvalue weighted by Crippen LogP contribution is -2.15. The highest BCUT2D eigenvalue weighted by molar-refractivity contribution is 9.10. The number of esters is 1. The highest BCUT2D eigenvalue weighted by atomic mass is 79.9. The van der Waals surface area contributed by atoms with Gasteiger partial charge in [0.25, 0.3) is 0 Å². The van der Waals surface area contributed by atoms with Crippen LogP contribution in [0.25, 0.3) is 22.3 Å². The molecule has 28 heavy (non-hydrogen) atoms. The SMILES string of the molecule is COc1ccc(-c2oc3ccccc3c(=O)c2OC(=O)c2cccs2)cc1Br. The Balaban J connectivity index is 1.92. The molecule has 0 N–H and O–H groups in total. The predicted octanol–water partition coefficient (Wildman–Crippen LogP) is 5.51. The number of ether oxygens (including phenoxy) is 2. The monoisotopic (exact) mass is 456 g/mol. The van der Waals surface area contributed by atoms with E-state index in [1.165, 1.54) is 11.3 Å². The Morgan fingerprint density at radius 3 is 2.64 bits per heavy atom. The molecule has 0 unspecified atom stereocenters. The number of carbonyl (C=O) groups excluding carboxylic acids is 1. The van der Waals surface area contributed by atoms with Crippen molar-refractivity contribution in [3.05, 3.63) is 79.6 Å². The first-order valence-corrected chi connectivity index (χ1v) is 9.91. The number of hydrogen-bond acceptors (Lipinski definition) is 6. The van der Waals surface area contributed by atoms with E-state index in [2.05, 4.69) is 15.9 Å². The Morgan fingerprint density at radius 1 is 1.11 bits per heavy atom. The number of thiophene rings is 1. The zero-order valence-corrected chi connectivity index (χ0v) is 17.0. The standard InChI is InChI=1S/C21H13BrO5S/c1-25-16-9-8-12(11-14(16)22)19-20(27-21(24)17-7-4-10-28-17)18(23)13-5-2-3-6-15(13)26-19/h2-11H,1H3. The van der Waals surface area contributed by atoms with Gasteiger partial charge in [0, 0.05) is 5.56 Å². The van der Waals surface area contributed by atoms with Gasteiger partial charge in [-0.1, -0.05) is 18.2 Å². The normalized spacial score (nSPS) is 10.8. The van der Waals surface area contributed by atoms with E-state index in [0.717, 1.165) is 0 Å². The maximum absolute atomic E-state index is 13.1. The number of rotatable bonds is 4. The minimum absolute atomic E-state index is 0.144. The lowest BCUT2D eigenvalue weighted by Gasteiger charge is -2.11. The molecule has 0 fully saturated rings. The molecular formula is C21H13BrO5S. The molecule has 0 spiro atoms. The molecule has 0 radical (unpaired) electrons. The molecule has 7 heteroatoms. The first-order valence-electron chi connectivity index (χ1n) is 8.24. The van der Waals surface area contributed by atoms with Gasteiger partial charge in [0.15, 0.2) is 5.76 Å². The zero-order valence-electron chi connectivity index (χ0n) is 14.6. The third kappa shape index (κ3) is 3.34. The first-order chi connectivity index (χ1) is 13.6. The van der Waals surface area contributed by atoms with Crippen molar-refractivity contribution in [3.63, 3.8) is 0 Å². The molecule has 2 aromatic carbocycles. The van der Waals surface area contributed by atoms with Crippen LogP contribution in [0.15, 0.2) is 73.7 Å². The number of halogens is 1. The molecule has 0 bridgehead atoms. The lowest BCUT2D eigenvalue weighted by molar-refractivity contribution is 0.0736. The molecule has 0 aliphatic carbocycles. The van der Waals surface area contributed by atoms with Crippen LogP contribution in [0.4, 0.5) is 0 Å². The molecule has 0 saturated heterocycles. The maximum atomic E-state index is 13.1. The van der Waals surface area contributed by atoms with Crippen LogP contribution < -0.4 is 14.9 Å². The van der Waals surface area contributed by atoms with Gasteiger partial charge in [-0.05, 0) is 57.7 Å². The third-order valence-electron chi connectivity index (χ3n) is 4.09. The van der Waals surface area contributed by atoms with Gasteiger partial charge in [-0.2, -0.15) is 0 Å². The lowest BCUT2D eigenvalue weighted by atomic mass is 10.1. The van der Waals surface area contributed by atoms with Crippen LogP contribution in [-0.4, -0.2) is 13.1 Å². The molecule has 4 aromatic rings. The topological polar surface area (TPSA) is 65.7 Å². The van der Waals surface area contributed by atoms with Crippen molar-refractivity contribution >= 4 is 44.2 Å². The highest BCUT2D eigenvalue weighted by Gasteiger charge is 2.22. The fraction of sp³-hybridized carbons (Fsp3) is 0.0476. The Labute approximate surface area is 172 Å². The van der Waals surface area contributed by atoms with E-state index in [1.54, 1.807) is 67.1 Å². The molecule has 5 nitrogen and oxygen atoms in total. The van der Waals surface area contributed by atoms with Crippen molar-refractivity contribution in [2.75, 3.05) is 7.11 Å². The summed E-state index contributed by atoms with van der Waals surface area (Å²) in [6.07, 6.45) is 0. The fourth-order valence-corrected chi connectivity index (χ4v) is 3.89. The second-order valence-corrected chi connectivity index (χ2v) is 7.60. The summed E-state index contributed by atoms with van der Waals surface area (Å²) in [5.41, 5.74) is 0.573. The largest absolute Gasteiger partial charge is 0.496 e. The summed E-state index contributed by atoms with van der Waals surface area (Å²) in [4.78, 5) is 26.0. The van der Waals surface area contributed by atoms with E-state index in [1.807, 2.05) is 0 Å². The van der Waals surface area contributed by atoms with Gasteiger partial charge in [-0.15, -0.1) is 11.3 Å². The number of para-hydroxylation sites is 1. The number of hydrogen-bond donors (Lipinski definition) is 0. The van der Waals surface area contributed by atoms with Gasteiger partial charge in [0.2, 0.25) is 11.2 Å². The summed E-state index contributed by atoms with van der Waals surface area (Å²) in [5.74, 6) is 0.0570. The van der Waals surface area contributed by atoms with Gasteiger partial charge in [-0.25, -0.2) is 4.79 Å². The zero-order chi connectivity index (χ0) is 19.7. The highest BCUT2D eigenvalue weighted by Crippen LogP contribution is 2.35. The van der Waals surface area contributed by atoms with E-state index < -0.39 is 11.4 Å². The smallest absolute Gasteiger partial charge is 0.353 e. The van der Waals surface area contributed by atoms with Crippen molar-refractivity contribution < 1.29 is 18.7 Å². The van der Waals surface area contributed by atoms with Gasteiger partial charge >= 0.3 is 5.97 Å².